The molecule has 0 saturated carbocycles. The summed E-state index contributed by atoms with van der Waals surface area (Å²) < 4.78 is 52.3. The highest BCUT2D eigenvalue weighted by Gasteiger charge is 2.56. The van der Waals surface area contributed by atoms with E-state index in [4.69, 9.17) is 18.5 Å². The Labute approximate surface area is 240 Å². The monoisotopic (exact) mass is 606 g/mol. The predicted octanol–water partition coefficient (Wildman–Crippen LogP) is 2.72. The Morgan fingerprint density at radius 2 is 1.81 bits per heavy atom. The summed E-state index contributed by atoms with van der Waals surface area (Å²) in [4.78, 5) is 42.1. The summed E-state index contributed by atoms with van der Waals surface area (Å²) >= 11 is 0. The minimum atomic E-state index is -4.40. The van der Waals surface area contributed by atoms with E-state index < -0.39 is 67.8 Å². The number of aromatic nitrogens is 3. The number of esters is 1. The molecular weight excluding hydrogens is 574 g/mol. The van der Waals surface area contributed by atoms with Gasteiger partial charge < -0.3 is 19.1 Å². The van der Waals surface area contributed by atoms with Crippen LogP contribution in [0, 0.1) is 0 Å². The smallest absolute Gasteiger partial charge is 0.459 e. The van der Waals surface area contributed by atoms with Crippen molar-refractivity contribution in [2.75, 3.05) is 6.61 Å². The molecule has 1 aliphatic rings. The summed E-state index contributed by atoms with van der Waals surface area (Å²) in [6.45, 7) is 5.05. The van der Waals surface area contributed by atoms with E-state index >= 15 is 4.39 Å². The summed E-state index contributed by atoms with van der Waals surface area (Å²) in [7, 11) is -4.40. The number of aliphatic hydroxyl groups excluding tert-OH is 1. The summed E-state index contributed by atoms with van der Waals surface area (Å²) in [5.74, 6) is -0.606. The minimum Gasteiger partial charge on any atom is -0.462 e. The fraction of sp³-hybridized carbons (Fsp3) is 0.407. The Bertz CT molecular complexity index is 1550. The lowest BCUT2D eigenvalue weighted by Crippen LogP contribution is -2.43. The van der Waals surface area contributed by atoms with E-state index in [0.29, 0.717) is 0 Å². The second-order valence-corrected chi connectivity index (χ2v) is 11.8. The SMILES string of the molecule is CC(C)OC(=O)[C@H](C)NP(=O)(OC[C@H]1O[C@@H](n2ccc(=O)[nH]c2=O)[C@](C)(F)[C@@H]1O)Oc1ccc(-c2ccncc2)cc1. The van der Waals surface area contributed by atoms with Gasteiger partial charge in [-0.2, -0.15) is 5.09 Å². The van der Waals surface area contributed by atoms with Crippen LogP contribution in [0.25, 0.3) is 11.1 Å². The van der Waals surface area contributed by atoms with Crippen LogP contribution in [0.5, 0.6) is 5.75 Å². The zero-order valence-electron chi connectivity index (χ0n) is 23.3. The Kier molecular flexibility index (Phi) is 9.43. The van der Waals surface area contributed by atoms with Crippen molar-refractivity contribution in [3.63, 3.8) is 0 Å². The lowest BCUT2D eigenvalue weighted by molar-refractivity contribution is -0.149. The average Bonchev–Trinajstić information content (AvgIpc) is 3.16. The molecule has 1 aromatic carbocycles. The quantitative estimate of drug-likeness (QED) is 0.217. The number of nitrogens with one attached hydrogen (secondary N) is 2. The number of hydrogen-bond acceptors (Lipinski definition) is 10. The predicted molar refractivity (Wildman–Crippen MR) is 148 cm³/mol. The highest BCUT2D eigenvalue weighted by molar-refractivity contribution is 7.52. The molecule has 1 fully saturated rings. The van der Waals surface area contributed by atoms with Gasteiger partial charge in [-0.25, -0.2) is 13.8 Å². The molecule has 1 saturated heterocycles. The Morgan fingerprint density at radius 1 is 1.17 bits per heavy atom. The van der Waals surface area contributed by atoms with Gasteiger partial charge in [-0.05, 0) is 63.1 Å². The first-order chi connectivity index (χ1) is 19.8. The van der Waals surface area contributed by atoms with Gasteiger partial charge >= 0.3 is 19.4 Å². The Morgan fingerprint density at radius 3 is 2.43 bits per heavy atom. The van der Waals surface area contributed by atoms with E-state index in [2.05, 4.69) is 10.1 Å². The fourth-order valence-electron chi connectivity index (χ4n) is 4.24. The van der Waals surface area contributed by atoms with Crippen molar-refractivity contribution in [1.82, 2.24) is 19.6 Å². The third kappa shape index (κ3) is 7.20. The molecule has 2 aromatic heterocycles. The molecule has 3 heterocycles. The van der Waals surface area contributed by atoms with E-state index in [1.807, 2.05) is 17.1 Å². The molecule has 0 bridgehead atoms. The van der Waals surface area contributed by atoms with Gasteiger partial charge in [0, 0.05) is 24.7 Å². The van der Waals surface area contributed by atoms with Crippen LogP contribution < -0.4 is 20.9 Å². The van der Waals surface area contributed by atoms with Crippen LogP contribution in [-0.4, -0.2) is 62.2 Å². The average molecular weight is 607 g/mol. The number of nitrogens with zero attached hydrogens (tertiary/aromatic N) is 2. The zero-order chi connectivity index (χ0) is 30.7. The lowest BCUT2D eigenvalue weighted by atomic mass is 9.98. The van der Waals surface area contributed by atoms with Crippen LogP contribution in [0.1, 0.15) is 33.9 Å². The van der Waals surface area contributed by atoms with E-state index in [-0.39, 0.29) is 5.75 Å². The molecule has 0 aliphatic carbocycles. The summed E-state index contributed by atoms with van der Waals surface area (Å²) in [5, 5.41) is 13.2. The first-order valence-electron chi connectivity index (χ1n) is 13.1. The van der Waals surface area contributed by atoms with Crippen molar-refractivity contribution in [2.45, 2.75) is 63.9 Å². The summed E-state index contributed by atoms with van der Waals surface area (Å²) in [5.41, 5.74) is -2.44. The number of carbonyl (C=O) groups excluding carboxylic acids is 1. The molecule has 3 N–H and O–H groups in total. The van der Waals surface area contributed by atoms with Crippen molar-refractivity contribution in [3.8, 4) is 16.9 Å². The van der Waals surface area contributed by atoms with Crippen molar-refractivity contribution >= 4 is 13.7 Å². The number of rotatable bonds is 11. The molecule has 0 spiro atoms. The van der Waals surface area contributed by atoms with Gasteiger partial charge in [0.25, 0.3) is 5.56 Å². The molecule has 6 atom stereocenters. The molecule has 1 unspecified atom stereocenters. The van der Waals surface area contributed by atoms with Gasteiger partial charge in [-0.15, -0.1) is 0 Å². The second-order valence-electron chi connectivity index (χ2n) is 10.1. The third-order valence-corrected chi connectivity index (χ3v) is 8.02. The van der Waals surface area contributed by atoms with E-state index in [9.17, 15) is 24.1 Å². The zero-order valence-corrected chi connectivity index (χ0v) is 24.2. The van der Waals surface area contributed by atoms with E-state index in [1.54, 1.807) is 50.5 Å². The number of pyridine rings is 1. The first kappa shape index (κ1) is 31.3. The largest absolute Gasteiger partial charge is 0.462 e. The molecular formula is C27H32FN4O9P. The third-order valence-electron chi connectivity index (χ3n) is 6.38. The van der Waals surface area contributed by atoms with Crippen molar-refractivity contribution in [1.29, 1.82) is 0 Å². The molecule has 1 aliphatic heterocycles. The molecule has 0 amide bonds. The van der Waals surface area contributed by atoms with E-state index in [1.165, 1.54) is 6.92 Å². The van der Waals surface area contributed by atoms with Crippen LogP contribution in [0.15, 0.2) is 70.6 Å². The highest BCUT2D eigenvalue weighted by atomic mass is 31.2. The standard InChI is InChI=1S/C27H32FN4O9P/c1-16(2)39-24(35)17(3)31-42(37,41-20-7-5-18(6-8-20)19-9-12-29-13-10-19)38-15-21-23(34)27(4,28)25(40-21)32-14-11-22(33)30-26(32)36/h5-14,16-17,21,23,25,34H,15H2,1-4H3,(H,31,37)(H,30,33,36)/t17-,21+,23+,25+,27+,42?/m0/s1. The Hall–Kier alpha value is -3.68. The number of ether oxygens (including phenoxy) is 2. The van der Waals surface area contributed by atoms with Crippen LogP contribution in [0.3, 0.4) is 0 Å². The number of alkyl halides is 1. The van der Waals surface area contributed by atoms with Gasteiger partial charge in [0.05, 0.1) is 12.7 Å². The molecule has 226 valence electrons. The maximum absolute atomic E-state index is 15.6. The molecule has 4 rings (SSSR count). The number of H-pyrrole nitrogens is 1. The molecule has 13 nitrogen and oxygen atoms in total. The van der Waals surface area contributed by atoms with Crippen LogP contribution >= 0.6 is 7.75 Å². The van der Waals surface area contributed by atoms with Gasteiger partial charge in [0.15, 0.2) is 11.9 Å². The van der Waals surface area contributed by atoms with Gasteiger partial charge in [0.1, 0.15) is 24.0 Å². The first-order valence-corrected chi connectivity index (χ1v) is 14.6. The van der Waals surface area contributed by atoms with Crippen LogP contribution in [0.2, 0.25) is 0 Å². The maximum Gasteiger partial charge on any atom is 0.459 e. The maximum atomic E-state index is 15.6. The van der Waals surface area contributed by atoms with Gasteiger partial charge in [0.2, 0.25) is 0 Å². The Balaban J connectivity index is 1.54. The van der Waals surface area contributed by atoms with Gasteiger partial charge in [-0.3, -0.25) is 28.6 Å². The number of halogens is 1. The summed E-state index contributed by atoms with van der Waals surface area (Å²) in [6.07, 6.45) is -1.02. The fourth-order valence-corrected chi connectivity index (χ4v) is 5.74. The normalized spacial score (nSPS) is 24.2. The molecule has 0 radical (unpaired) electrons. The number of aliphatic hydroxyl groups is 1. The molecule has 42 heavy (non-hydrogen) atoms. The summed E-state index contributed by atoms with van der Waals surface area (Å²) in [6, 6.07) is 10.0. The lowest BCUT2D eigenvalue weighted by Gasteiger charge is -2.25. The topological polar surface area (TPSA) is 171 Å². The van der Waals surface area contributed by atoms with Gasteiger partial charge in [-0.1, -0.05) is 12.1 Å². The van der Waals surface area contributed by atoms with E-state index in [0.717, 1.165) is 34.9 Å². The molecule has 15 heteroatoms. The number of aromatic amines is 1. The highest BCUT2D eigenvalue weighted by Crippen LogP contribution is 2.47. The number of carbonyl (C=O) groups is 1. The van der Waals surface area contributed by atoms with Crippen LogP contribution in [-0.2, 0) is 23.4 Å². The van der Waals surface area contributed by atoms with Crippen LogP contribution in [0.4, 0.5) is 4.39 Å². The van der Waals surface area contributed by atoms with Crippen molar-refractivity contribution in [2.24, 2.45) is 0 Å². The number of hydrogen-bond donors (Lipinski definition) is 3. The number of benzene rings is 1. The second kappa shape index (κ2) is 12.7. The van der Waals surface area contributed by atoms with Crippen molar-refractivity contribution < 1.29 is 37.4 Å². The van der Waals surface area contributed by atoms with Crippen molar-refractivity contribution in [3.05, 3.63) is 81.9 Å². The minimum absolute atomic E-state index is 0.119. The molecule has 3 aromatic rings.